The fraction of sp³-hybridized carbons (Fsp3) is 0.130. The summed E-state index contributed by atoms with van der Waals surface area (Å²) in [4.78, 5) is 36.2. The summed E-state index contributed by atoms with van der Waals surface area (Å²) in [5.74, 6) is -1.54. The number of aliphatic hydroxyl groups excluding tert-OH is 1. The molecule has 0 aliphatic rings. The number of aliphatic hydroxyl groups is 1. The number of nitro groups is 1. The number of ether oxygens (including phenoxy) is 1. The molecule has 0 radical (unpaired) electrons. The van der Waals surface area contributed by atoms with E-state index >= 15 is 0 Å². The minimum Gasteiger partial charge on any atom is -0.452 e. The summed E-state index contributed by atoms with van der Waals surface area (Å²) >= 11 is 24.0. The predicted octanol–water partition coefficient (Wildman–Crippen LogP) is 5.90. The second-order valence-electron chi connectivity index (χ2n) is 7.19. The van der Waals surface area contributed by atoms with E-state index in [1.807, 2.05) is 0 Å². The highest BCUT2D eigenvalue weighted by atomic mass is 35.5. The van der Waals surface area contributed by atoms with Gasteiger partial charge in [0.2, 0.25) is 0 Å². The molecule has 0 heterocycles. The van der Waals surface area contributed by atoms with Gasteiger partial charge in [-0.15, -0.1) is 0 Å². The first-order valence-electron chi connectivity index (χ1n) is 9.88. The van der Waals surface area contributed by atoms with Crippen LogP contribution in [0.5, 0.6) is 0 Å². The van der Waals surface area contributed by atoms with Crippen LogP contribution < -0.4 is 5.32 Å². The van der Waals surface area contributed by atoms with Gasteiger partial charge >= 0.3 is 5.97 Å². The fourth-order valence-corrected chi connectivity index (χ4v) is 4.12. The molecule has 2 atom stereocenters. The Labute approximate surface area is 219 Å². The van der Waals surface area contributed by atoms with Gasteiger partial charge in [0.15, 0.2) is 0 Å². The molecule has 0 saturated carbocycles. The smallest absolute Gasteiger partial charge is 0.340 e. The number of carbonyl (C=O) groups excluding carboxylic acids is 2. The van der Waals surface area contributed by atoms with Gasteiger partial charge in [-0.3, -0.25) is 14.9 Å². The molecule has 1 amide bonds. The van der Waals surface area contributed by atoms with Crippen LogP contribution in [0, 0.1) is 10.1 Å². The molecule has 3 aromatic rings. The molecular weight excluding hydrogens is 542 g/mol. The summed E-state index contributed by atoms with van der Waals surface area (Å²) in [5.41, 5.74) is 0.142. The van der Waals surface area contributed by atoms with E-state index in [-0.39, 0.29) is 32.4 Å². The average molecular weight is 558 g/mol. The molecule has 182 valence electrons. The number of nitro benzene ring substituents is 1. The highest BCUT2D eigenvalue weighted by molar-refractivity contribution is 6.37. The van der Waals surface area contributed by atoms with E-state index in [9.17, 15) is 24.8 Å². The maximum Gasteiger partial charge on any atom is 0.340 e. The van der Waals surface area contributed by atoms with Gasteiger partial charge in [-0.05, 0) is 54.1 Å². The van der Waals surface area contributed by atoms with Crippen molar-refractivity contribution in [1.82, 2.24) is 5.32 Å². The van der Waals surface area contributed by atoms with Crippen LogP contribution in [0.25, 0.3) is 0 Å². The third-order valence-corrected chi connectivity index (χ3v) is 5.97. The lowest BCUT2D eigenvalue weighted by Gasteiger charge is -2.27. The average Bonchev–Trinajstić information content (AvgIpc) is 2.81. The van der Waals surface area contributed by atoms with Gasteiger partial charge in [0.25, 0.3) is 11.6 Å². The van der Waals surface area contributed by atoms with Crippen LogP contribution in [0.1, 0.15) is 32.4 Å². The zero-order chi connectivity index (χ0) is 25.7. The number of carbonyl (C=O) groups is 2. The Morgan fingerprint density at radius 1 is 0.914 bits per heavy atom. The quantitative estimate of drug-likeness (QED) is 0.202. The van der Waals surface area contributed by atoms with Crippen LogP contribution in [0.15, 0.2) is 60.7 Å². The minimum absolute atomic E-state index is 0.00765. The van der Waals surface area contributed by atoms with Gasteiger partial charge in [0.1, 0.15) is 6.10 Å². The van der Waals surface area contributed by atoms with E-state index in [0.29, 0.717) is 10.0 Å². The van der Waals surface area contributed by atoms with Crippen LogP contribution in [0.2, 0.25) is 20.1 Å². The Morgan fingerprint density at radius 2 is 1.46 bits per heavy atom. The topological polar surface area (TPSA) is 119 Å². The molecule has 0 spiro atoms. The maximum atomic E-state index is 12.9. The minimum atomic E-state index is -1.25. The Bertz CT molecular complexity index is 1270. The van der Waals surface area contributed by atoms with E-state index in [1.165, 1.54) is 60.7 Å². The number of rotatable bonds is 8. The molecule has 2 N–H and O–H groups in total. The molecule has 12 heteroatoms. The standard InChI is InChI=1S/C23H16Cl4N2O6/c24-13-3-7-16(18(26)9-13)22(31)28-20(11-30)21(12-1-5-15(6-2-12)29(33)34)35-23(32)17-8-4-14(25)10-19(17)27/h1-10,20-21,30H,11H2,(H,28,31)/t20-,21-/m0/s1. The van der Waals surface area contributed by atoms with E-state index in [1.54, 1.807) is 0 Å². The fourth-order valence-electron chi connectivity index (χ4n) is 3.14. The SMILES string of the molecule is O=C(N[C@@H](CO)[C@@H](OC(=O)c1ccc(Cl)cc1Cl)c1ccc([N+](=O)[O-])cc1)c1ccc(Cl)cc1Cl. The number of hydrogen-bond donors (Lipinski definition) is 2. The second kappa shape index (κ2) is 11.7. The molecule has 3 aromatic carbocycles. The summed E-state index contributed by atoms with van der Waals surface area (Å²) in [6, 6.07) is 12.4. The van der Waals surface area contributed by atoms with Crippen LogP contribution in [-0.4, -0.2) is 34.6 Å². The lowest BCUT2D eigenvalue weighted by molar-refractivity contribution is -0.384. The van der Waals surface area contributed by atoms with Gasteiger partial charge in [-0.1, -0.05) is 46.4 Å². The molecule has 0 aromatic heterocycles. The van der Waals surface area contributed by atoms with Crippen molar-refractivity contribution in [2.75, 3.05) is 6.61 Å². The normalized spacial score (nSPS) is 12.5. The van der Waals surface area contributed by atoms with E-state index in [0.717, 1.165) is 0 Å². The Kier molecular flexibility index (Phi) is 8.93. The molecule has 0 unspecified atom stereocenters. The number of benzene rings is 3. The van der Waals surface area contributed by atoms with Crippen molar-refractivity contribution in [3.05, 3.63) is 108 Å². The maximum absolute atomic E-state index is 12.9. The van der Waals surface area contributed by atoms with Crippen LogP contribution in [-0.2, 0) is 4.74 Å². The number of hydrogen-bond acceptors (Lipinski definition) is 6. The van der Waals surface area contributed by atoms with Crippen molar-refractivity contribution in [1.29, 1.82) is 0 Å². The Morgan fingerprint density at radius 3 is 1.94 bits per heavy atom. The zero-order valence-corrected chi connectivity index (χ0v) is 20.6. The third kappa shape index (κ3) is 6.62. The van der Waals surface area contributed by atoms with Gasteiger partial charge in [-0.2, -0.15) is 0 Å². The molecule has 8 nitrogen and oxygen atoms in total. The summed E-state index contributed by atoms with van der Waals surface area (Å²) < 4.78 is 5.62. The summed E-state index contributed by atoms with van der Waals surface area (Å²) in [5, 5.41) is 24.4. The zero-order valence-electron chi connectivity index (χ0n) is 17.6. The molecule has 0 aliphatic carbocycles. The van der Waals surface area contributed by atoms with Crippen molar-refractivity contribution in [2.24, 2.45) is 0 Å². The first kappa shape index (κ1) is 26.7. The number of halogens is 4. The molecule has 0 bridgehead atoms. The van der Waals surface area contributed by atoms with Crippen LogP contribution in [0.4, 0.5) is 5.69 Å². The molecule has 35 heavy (non-hydrogen) atoms. The van der Waals surface area contributed by atoms with Gasteiger partial charge in [0, 0.05) is 22.2 Å². The summed E-state index contributed by atoms with van der Waals surface area (Å²) in [6.45, 7) is -0.653. The van der Waals surface area contributed by atoms with Crippen molar-refractivity contribution < 1.29 is 24.4 Å². The number of non-ortho nitro benzene ring substituents is 1. The van der Waals surface area contributed by atoms with E-state index < -0.39 is 35.6 Å². The molecular formula is C23H16Cl4N2O6. The van der Waals surface area contributed by atoms with Crippen LogP contribution in [0.3, 0.4) is 0 Å². The number of amides is 1. The lowest BCUT2D eigenvalue weighted by atomic mass is 10.0. The van der Waals surface area contributed by atoms with Gasteiger partial charge < -0.3 is 15.2 Å². The number of nitrogens with one attached hydrogen (secondary N) is 1. The molecule has 0 aliphatic heterocycles. The predicted molar refractivity (Wildman–Crippen MR) is 133 cm³/mol. The molecule has 0 fully saturated rings. The summed E-state index contributed by atoms with van der Waals surface area (Å²) in [6.07, 6.45) is -1.25. The van der Waals surface area contributed by atoms with Crippen molar-refractivity contribution in [2.45, 2.75) is 12.1 Å². The van der Waals surface area contributed by atoms with Crippen molar-refractivity contribution in [3.63, 3.8) is 0 Å². The molecule has 0 saturated heterocycles. The summed E-state index contributed by atoms with van der Waals surface area (Å²) in [7, 11) is 0. The lowest BCUT2D eigenvalue weighted by Crippen LogP contribution is -2.43. The number of esters is 1. The van der Waals surface area contributed by atoms with E-state index in [2.05, 4.69) is 5.32 Å². The van der Waals surface area contributed by atoms with Crippen LogP contribution >= 0.6 is 46.4 Å². The monoisotopic (exact) mass is 556 g/mol. The largest absolute Gasteiger partial charge is 0.452 e. The van der Waals surface area contributed by atoms with Gasteiger partial charge in [0.05, 0.1) is 38.7 Å². The second-order valence-corrected chi connectivity index (χ2v) is 8.87. The Hall–Kier alpha value is -2.88. The van der Waals surface area contributed by atoms with E-state index in [4.69, 9.17) is 51.1 Å². The highest BCUT2D eigenvalue weighted by Gasteiger charge is 2.30. The van der Waals surface area contributed by atoms with Gasteiger partial charge in [-0.25, -0.2) is 4.79 Å². The first-order chi connectivity index (χ1) is 16.6. The molecule has 3 rings (SSSR count). The first-order valence-corrected chi connectivity index (χ1v) is 11.4. The Balaban J connectivity index is 1.95. The third-order valence-electron chi connectivity index (χ3n) is 4.87. The van der Waals surface area contributed by atoms with Crippen molar-refractivity contribution in [3.8, 4) is 0 Å². The number of nitrogens with zero attached hydrogens (tertiary/aromatic N) is 1. The van der Waals surface area contributed by atoms with Crippen molar-refractivity contribution >= 4 is 64.0 Å². The highest BCUT2D eigenvalue weighted by Crippen LogP contribution is 2.29.